The normalized spacial score (nSPS) is 9.27. The molecule has 0 atom stereocenters. The van der Waals surface area contributed by atoms with Crippen molar-refractivity contribution in [2.75, 3.05) is 14.2 Å². The van der Waals surface area contributed by atoms with Crippen LogP contribution in [0.5, 0.6) is 17.4 Å². The van der Waals surface area contributed by atoms with Gasteiger partial charge in [-0.3, -0.25) is 0 Å². The summed E-state index contributed by atoms with van der Waals surface area (Å²) in [6.45, 7) is 0. The van der Waals surface area contributed by atoms with Crippen molar-refractivity contribution < 1.29 is 14.6 Å². The molecule has 0 saturated carbocycles. The fourth-order valence-corrected chi connectivity index (χ4v) is 0.757. The number of pyridine rings is 1. The van der Waals surface area contributed by atoms with Crippen LogP contribution in [0.1, 0.15) is 0 Å². The zero-order chi connectivity index (χ0) is 8.27. The van der Waals surface area contributed by atoms with Gasteiger partial charge < -0.3 is 14.6 Å². The average molecular weight is 155 g/mol. The predicted molar refractivity (Wildman–Crippen MR) is 39.0 cm³/mol. The molecule has 0 saturated heterocycles. The lowest BCUT2D eigenvalue weighted by Gasteiger charge is -2.05. The van der Waals surface area contributed by atoms with E-state index in [1.165, 1.54) is 26.5 Å². The third-order valence-corrected chi connectivity index (χ3v) is 1.25. The molecule has 0 spiro atoms. The molecule has 0 aliphatic heterocycles. The van der Waals surface area contributed by atoms with Gasteiger partial charge in [0.2, 0.25) is 5.75 Å². The van der Waals surface area contributed by atoms with Gasteiger partial charge in [-0.15, -0.1) is 0 Å². The molecule has 0 fully saturated rings. The summed E-state index contributed by atoms with van der Waals surface area (Å²) in [5.41, 5.74) is 0. The standard InChI is InChI=1S/C7H9NO3/c1-10-6-5(9)3-4-8-7(6)11-2/h3-4H,1-2H3,(H,8,9). The average Bonchev–Trinajstić information content (AvgIpc) is 2.04. The summed E-state index contributed by atoms with van der Waals surface area (Å²) in [7, 11) is 2.91. The Morgan fingerprint density at radius 1 is 1.36 bits per heavy atom. The van der Waals surface area contributed by atoms with Crippen molar-refractivity contribution in [3.63, 3.8) is 0 Å². The molecule has 1 N–H and O–H groups in total. The van der Waals surface area contributed by atoms with Gasteiger partial charge in [-0.1, -0.05) is 0 Å². The highest BCUT2D eigenvalue weighted by Crippen LogP contribution is 2.32. The lowest BCUT2D eigenvalue weighted by molar-refractivity contribution is 0.323. The monoisotopic (exact) mass is 155 g/mol. The number of rotatable bonds is 2. The largest absolute Gasteiger partial charge is 0.504 e. The minimum Gasteiger partial charge on any atom is -0.504 e. The first-order chi connectivity index (χ1) is 5.29. The maximum absolute atomic E-state index is 9.18. The van der Waals surface area contributed by atoms with E-state index in [9.17, 15) is 5.11 Å². The zero-order valence-electron chi connectivity index (χ0n) is 6.37. The maximum Gasteiger partial charge on any atom is 0.260 e. The highest BCUT2D eigenvalue weighted by atomic mass is 16.5. The summed E-state index contributed by atoms with van der Waals surface area (Å²) < 4.78 is 9.65. The fourth-order valence-electron chi connectivity index (χ4n) is 0.757. The van der Waals surface area contributed by atoms with Crippen LogP contribution in [0.2, 0.25) is 0 Å². The molecule has 11 heavy (non-hydrogen) atoms. The Bertz CT molecular complexity index is 249. The van der Waals surface area contributed by atoms with Gasteiger partial charge in [0, 0.05) is 12.3 Å². The molecule has 0 aromatic carbocycles. The van der Waals surface area contributed by atoms with Crippen LogP contribution in [0.15, 0.2) is 12.3 Å². The van der Waals surface area contributed by atoms with Gasteiger partial charge in [0.05, 0.1) is 14.2 Å². The first-order valence-electron chi connectivity index (χ1n) is 3.05. The van der Waals surface area contributed by atoms with Crippen molar-refractivity contribution in [2.24, 2.45) is 0 Å². The molecule has 1 aromatic heterocycles. The van der Waals surface area contributed by atoms with E-state index in [0.29, 0.717) is 0 Å². The smallest absolute Gasteiger partial charge is 0.260 e. The molecule has 0 aliphatic rings. The molecule has 1 heterocycles. The second-order valence-corrected chi connectivity index (χ2v) is 1.87. The lowest BCUT2D eigenvalue weighted by Crippen LogP contribution is -1.92. The predicted octanol–water partition coefficient (Wildman–Crippen LogP) is 0.804. The van der Waals surface area contributed by atoms with Crippen molar-refractivity contribution in [2.45, 2.75) is 0 Å². The highest BCUT2D eigenvalue weighted by molar-refractivity contribution is 5.45. The number of aromatic nitrogens is 1. The summed E-state index contributed by atoms with van der Waals surface area (Å²) in [6, 6.07) is 1.43. The van der Waals surface area contributed by atoms with E-state index in [4.69, 9.17) is 9.47 Å². The molecular weight excluding hydrogens is 146 g/mol. The molecule has 0 aliphatic carbocycles. The van der Waals surface area contributed by atoms with Gasteiger partial charge >= 0.3 is 0 Å². The van der Waals surface area contributed by atoms with E-state index in [-0.39, 0.29) is 17.4 Å². The van der Waals surface area contributed by atoms with Crippen LogP contribution in [-0.2, 0) is 0 Å². The second kappa shape index (κ2) is 3.09. The first kappa shape index (κ1) is 7.65. The van der Waals surface area contributed by atoms with E-state index >= 15 is 0 Å². The molecule has 0 unspecified atom stereocenters. The van der Waals surface area contributed by atoms with E-state index in [2.05, 4.69) is 4.98 Å². The third-order valence-electron chi connectivity index (χ3n) is 1.25. The highest BCUT2D eigenvalue weighted by Gasteiger charge is 2.08. The van der Waals surface area contributed by atoms with Crippen molar-refractivity contribution in [3.8, 4) is 17.4 Å². The number of hydrogen-bond acceptors (Lipinski definition) is 4. The van der Waals surface area contributed by atoms with Crippen LogP contribution in [0, 0.1) is 0 Å². The summed E-state index contributed by atoms with van der Waals surface area (Å²) in [5.74, 6) is 0.571. The van der Waals surface area contributed by atoms with Crippen LogP contribution < -0.4 is 9.47 Å². The van der Waals surface area contributed by atoms with Crippen LogP contribution >= 0.6 is 0 Å². The van der Waals surface area contributed by atoms with Crippen molar-refractivity contribution in [1.29, 1.82) is 0 Å². The van der Waals surface area contributed by atoms with E-state index in [0.717, 1.165) is 0 Å². The number of aromatic hydroxyl groups is 1. The summed E-state index contributed by atoms with van der Waals surface area (Å²) in [4.78, 5) is 3.82. The Kier molecular flexibility index (Phi) is 2.15. The number of nitrogens with zero attached hydrogens (tertiary/aromatic N) is 1. The molecular formula is C7H9NO3. The lowest BCUT2D eigenvalue weighted by atomic mass is 10.4. The molecule has 1 aromatic rings. The molecule has 0 bridgehead atoms. The number of ether oxygens (including phenoxy) is 2. The maximum atomic E-state index is 9.18. The molecule has 4 heteroatoms. The van der Waals surface area contributed by atoms with E-state index in [1.54, 1.807) is 0 Å². The molecule has 60 valence electrons. The molecule has 0 radical (unpaired) electrons. The number of methoxy groups -OCH3 is 2. The fraction of sp³-hybridized carbons (Fsp3) is 0.286. The van der Waals surface area contributed by atoms with Crippen molar-refractivity contribution in [1.82, 2.24) is 4.98 Å². The van der Waals surface area contributed by atoms with Gasteiger partial charge in [0.25, 0.3) is 5.88 Å². The van der Waals surface area contributed by atoms with Gasteiger partial charge in [0.1, 0.15) is 0 Å². The summed E-state index contributed by atoms with van der Waals surface area (Å²) >= 11 is 0. The Hall–Kier alpha value is -1.45. The minimum atomic E-state index is 0.0272. The minimum absolute atomic E-state index is 0.0272. The Balaban J connectivity index is 3.13. The molecule has 4 nitrogen and oxygen atoms in total. The van der Waals surface area contributed by atoms with Crippen LogP contribution in [0.4, 0.5) is 0 Å². The van der Waals surface area contributed by atoms with Crippen LogP contribution in [0.25, 0.3) is 0 Å². The van der Waals surface area contributed by atoms with Gasteiger partial charge in [-0.05, 0) is 0 Å². The molecule has 1 rings (SSSR count). The SMILES string of the molecule is COc1nccc(O)c1OC. The number of hydrogen-bond donors (Lipinski definition) is 1. The van der Waals surface area contributed by atoms with Crippen molar-refractivity contribution in [3.05, 3.63) is 12.3 Å². The van der Waals surface area contributed by atoms with Gasteiger partial charge in [-0.2, -0.15) is 0 Å². The second-order valence-electron chi connectivity index (χ2n) is 1.87. The van der Waals surface area contributed by atoms with Gasteiger partial charge in [0.15, 0.2) is 5.75 Å². The third kappa shape index (κ3) is 1.34. The van der Waals surface area contributed by atoms with E-state index < -0.39 is 0 Å². The van der Waals surface area contributed by atoms with Crippen molar-refractivity contribution >= 4 is 0 Å². The first-order valence-corrected chi connectivity index (χ1v) is 3.05. The summed E-state index contributed by atoms with van der Waals surface area (Å²) in [6.07, 6.45) is 1.44. The Morgan fingerprint density at radius 2 is 2.09 bits per heavy atom. The van der Waals surface area contributed by atoms with E-state index in [1.807, 2.05) is 0 Å². The molecule has 0 amide bonds. The topological polar surface area (TPSA) is 51.6 Å². The Morgan fingerprint density at radius 3 is 2.55 bits per heavy atom. The van der Waals surface area contributed by atoms with Gasteiger partial charge in [-0.25, -0.2) is 4.98 Å². The van der Waals surface area contributed by atoms with Crippen LogP contribution in [-0.4, -0.2) is 24.3 Å². The van der Waals surface area contributed by atoms with Crippen LogP contribution in [0.3, 0.4) is 0 Å². The zero-order valence-corrected chi connectivity index (χ0v) is 6.37. The quantitative estimate of drug-likeness (QED) is 0.686. The summed E-state index contributed by atoms with van der Waals surface area (Å²) in [5, 5.41) is 9.18. The Labute approximate surface area is 64.4 Å².